The Balaban J connectivity index is 1.89. The van der Waals surface area contributed by atoms with Crippen molar-refractivity contribution in [2.75, 3.05) is 13.7 Å². The van der Waals surface area contributed by atoms with Gasteiger partial charge >= 0.3 is 6.18 Å². The van der Waals surface area contributed by atoms with E-state index in [2.05, 4.69) is 5.32 Å². The van der Waals surface area contributed by atoms with Crippen molar-refractivity contribution < 1.29 is 23.0 Å². The zero-order valence-electron chi connectivity index (χ0n) is 14.2. The first-order valence-electron chi connectivity index (χ1n) is 8.01. The number of aliphatic hydroxyl groups is 1. The molecule has 0 saturated carbocycles. The minimum Gasteiger partial charge on any atom is -0.497 e. The molecule has 3 nitrogen and oxygen atoms in total. The van der Waals surface area contributed by atoms with Gasteiger partial charge in [0.2, 0.25) is 0 Å². The molecular formula is C19H22F3NO2. The molecule has 0 spiro atoms. The predicted octanol–water partition coefficient (Wildman–Crippen LogP) is 3.97. The molecule has 0 heterocycles. The van der Waals surface area contributed by atoms with E-state index in [0.717, 1.165) is 29.9 Å². The number of methoxy groups -OCH3 is 1. The highest BCUT2D eigenvalue weighted by Gasteiger charge is 2.30. The molecule has 0 aliphatic carbocycles. The molecule has 2 rings (SSSR count). The summed E-state index contributed by atoms with van der Waals surface area (Å²) in [6.45, 7) is 2.14. The number of hydrogen-bond acceptors (Lipinski definition) is 3. The summed E-state index contributed by atoms with van der Waals surface area (Å²) >= 11 is 0. The molecule has 0 bridgehead atoms. The van der Waals surface area contributed by atoms with E-state index < -0.39 is 17.8 Å². The number of ether oxygens (including phenoxy) is 1. The maximum Gasteiger partial charge on any atom is 0.416 e. The number of alkyl halides is 3. The van der Waals surface area contributed by atoms with E-state index in [-0.39, 0.29) is 18.2 Å². The van der Waals surface area contributed by atoms with Gasteiger partial charge in [-0.05, 0) is 48.7 Å². The van der Waals surface area contributed by atoms with Crippen molar-refractivity contribution in [2.45, 2.75) is 31.7 Å². The van der Waals surface area contributed by atoms with Gasteiger partial charge in [0.05, 0.1) is 18.8 Å². The fourth-order valence-electron chi connectivity index (χ4n) is 2.54. The van der Waals surface area contributed by atoms with Crippen LogP contribution in [0.15, 0.2) is 48.5 Å². The molecule has 0 aliphatic rings. The number of nitrogens with one attached hydrogen (secondary N) is 1. The lowest BCUT2D eigenvalue weighted by atomic mass is 10.0. The molecule has 6 heteroatoms. The molecule has 0 aliphatic heterocycles. The van der Waals surface area contributed by atoms with Gasteiger partial charge in [-0.25, -0.2) is 0 Å². The van der Waals surface area contributed by atoms with Crippen LogP contribution in [0.3, 0.4) is 0 Å². The Labute approximate surface area is 145 Å². The maximum atomic E-state index is 12.7. The average molecular weight is 353 g/mol. The normalized spacial score (nSPS) is 14.2. The fourth-order valence-corrected chi connectivity index (χ4v) is 2.54. The molecule has 0 radical (unpaired) electrons. The third kappa shape index (κ3) is 5.76. The minimum atomic E-state index is -4.41. The second-order valence-corrected chi connectivity index (χ2v) is 6.00. The Morgan fingerprint density at radius 2 is 1.80 bits per heavy atom. The van der Waals surface area contributed by atoms with Gasteiger partial charge in [-0.2, -0.15) is 13.2 Å². The lowest BCUT2D eigenvalue weighted by Gasteiger charge is -2.18. The SMILES string of the molecule is COc1ccc(C[C@@H](C)NC[C@H](O)c2cccc(C(F)(F)F)c2)cc1. The lowest BCUT2D eigenvalue weighted by molar-refractivity contribution is -0.137. The number of aliphatic hydroxyl groups excluding tert-OH is 1. The molecule has 0 amide bonds. The van der Waals surface area contributed by atoms with Crippen molar-refractivity contribution >= 4 is 0 Å². The summed E-state index contributed by atoms with van der Waals surface area (Å²) in [5.41, 5.74) is 0.601. The van der Waals surface area contributed by atoms with Gasteiger partial charge in [-0.1, -0.05) is 24.3 Å². The van der Waals surface area contributed by atoms with Crippen molar-refractivity contribution in [3.05, 3.63) is 65.2 Å². The maximum absolute atomic E-state index is 12.7. The van der Waals surface area contributed by atoms with E-state index in [9.17, 15) is 18.3 Å². The largest absolute Gasteiger partial charge is 0.497 e. The quantitative estimate of drug-likeness (QED) is 0.791. The zero-order chi connectivity index (χ0) is 18.4. The number of hydrogen-bond donors (Lipinski definition) is 2. The van der Waals surface area contributed by atoms with Gasteiger partial charge in [0, 0.05) is 12.6 Å². The van der Waals surface area contributed by atoms with Crippen LogP contribution in [-0.2, 0) is 12.6 Å². The van der Waals surface area contributed by atoms with Crippen LogP contribution in [0, 0.1) is 0 Å². The molecule has 0 saturated heterocycles. The van der Waals surface area contributed by atoms with Crippen LogP contribution in [0.25, 0.3) is 0 Å². The molecule has 2 aromatic rings. The minimum absolute atomic E-state index is 0.0637. The average Bonchev–Trinajstić information content (AvgIpc) is 2.59. The Bertz CT molecular complexity index is 671. The molecule has 2 aromatic carbocycles. The van der Waals surface area contributed by atoms with Crippen LogP contribution in [0.2, 0.25) is 0 Å². The van der Waals surface area contributed by atoms with E-state index >= 15 is 0 Å². The smallest absolute Gasteiger partial charge is 0.416 e. The Morgan fingerprint density at radius 3 is 2.40 bits per heavy atom. The molecule has 0 fully saturated rings. The summed E-state index contributed by atoms with van der Waals surface area (Å²) in [6.07, 6.45) is -4.68. The summed E-state index contributed by atoms with van der Waals surface area (Å²) in [7, 11) is 1.61. The first-order chi connectivity index (χ1) is 11.8. The summed E-state index contributed by atoms with van der Waals surface area (Å²) < 4.78 is 43.3. The molecule has 2 atom stereocenters. The topological polar surface area (TPSA) is 41.5 Å². The van der Waals surface area contributed by atoms with Crippen molar-refractivity contribution in [3.8, 4) is 5.75 Å². The van der Waals surface area contributed by atoms with E-state index in [4.69, 9.17) is 4.74 Å². The van der Waals surface area contributed by atoms with E-state index in [1.54, 1.807) is 7.11 Å². The van der Waals surface area contributed by atoms with Crippen molar-refractivity contribution in [3.63, 3.8) is 0 Å². The third-order valence-corrected chi connectivity index (χ3v) is 3.96. The van der Waals surface area contributed by atoms with E-state index in [1.807, 2.05) is 31.2 Å². The van der Waals surface area contributed by atoms with Crippen molar-refractivity contribution in [1.82, 2.24) is 5.32 Å². The molecular weight excluding hydrogens is 331 g/mol. The van der Waals surface area contributed by atoms with Crippen LogP contribution >= 0.6 is 0 Å². The van der Waals surface area contributed by atoms with Crippen LogP contribution in [0.1, 0.15) is 29.7 Å². The monoisotopic (exact) mass is 353 g/mol. The Morgan fingerprint density at radius 1 is 1.12 bits per heavy atom. The third-order valence-electron chi connectivity index (χ3n) is 3.96. The van der Waals surface area contributed by atoms with E-state index in [1.165, 1.54) is 12.1 Å². The summed E-state index contributed by atoms with van der Waals surface area (Å²) in [5, 5.41) is 13.3. The Hall–Kier alpha value is -2.05. The first kappa shape index (κ1) is 19.3. The lowest BCUT2D eigenvalue weighted by Crippen LogP contribution is -2.32. The van der Waals surface area contributed by atoms with Crippen LogP contribution in [0.5, 0.6) is 5.75 Å². The fraction of sp³-hybridized carbons (Fsp3) is 0.368. The molecule has 2 N–H and O–H groups in total. The second kappa shape index (κ2) is 8.36. The summed E-state index contributed by atoms with van der Waals surface area (Å²) in [6, 6.07) is 12.5. The van der Waals surface area contributed by atoms with E-state index in [0.29, 0.717) is 0 Å². The van der Waals surface area contributed by atoms with Gasteiger partial charge < -0.3 is 15.2 Å². The summed E-state index contributed by atoms with van der Waals surface area (Å²) in [4.78, 5) is 0. The molecule has 25 heavy (non-hydrogen) atoms. The predicted molar refractivity (Wildman–Crippen MR) is 90.6 cm³/mol. The second-order valence-electron chi connectivity index (χ2n) is 6.00. The highest BCUT2D eigenvalue weighted by atomic mass is 19.4. The van der Waals surface area contributed by atoms with Gasteiger partial charge in [0.25, 0.3) is 0 Å². The van der Waals surface area contributed by atoms with Crippen LogP contribution in [-0.4, -0.2) is 24.8 Å². The van der Waals surface area contributed by atoms with Gasteiger partial charge in [-0.3, -0.25) is 0 Å². The highest BCUT2D eigenvalue weighted by Crippen LogP contribution is 2.30. The Kier molecular flexibility index (Phi) is 6.45. The van der Waals surface area contributed by atoms with Gasteiger partial charge in [0.1, 0.15) is 5.75 Å². The number of rotatable bonds is 7. The standard InChI is InChI=1S/C19H22F3NO2/c1-13(10-14-6-8-17(25-2)9-7-14)23-12-18(24)15-4-3-5-16(11-15)19(20,21)22/h3-9,11,13,18,23-24H,10,12H2,1-2H3/t13-,18+/m1/s1. The first-order valence-corrected chi connectivity index (χ1v) is 8.01. The molecule has 0 unspecified atom stereocenters. The van der Waals surface area contributed by atoms with Crippen LogP contribution in [0.4, 0.5) is 13.2 Å². The number of benzene rings is 2. The van der Waals surface area contributed by atoms with Gasteiger partial charge in [0.15, 0.2) is 0 Å². The van der Waals surface area contributed by atoms with Crippen molar-refractivity contribution in [1.29, 1.82) is 0 Å². The molecule has 136 valence electrons. The highest BCUT2D eigenvalue weighted by molar-refractivity contribution is 5.28. The van der Waals surface area contributed by atoms with Crippen molar-refractivity contribution in [2.24, 2.45) is 0 Å². The van der Waals surface area contributed by atoms with Crippen LogP contribution < -0.4 is 10.1 Å². The number of halogens is 3. The summed E-state index contributed by atoms with van der Waals surface area (Å²) in [5.74, 6) is 0.782. The van der Waals surface area contributed by atoms with Gasteiger partial charge in [-0.15, -0.1) is 0 Å². The molecule has 0 aromatic heterocycles. The zero-order valence-corrected chi connectivity index (χ0v) is 14.2.